The molecule has 0 spiro atoms. The zero-order valence-corrected chi connectivity index (χ0v) is 18.7. The number of hydrogen-bond donors (Lipinski definition) is 0. The van der Waals surface area contributed by atoms with Crippen LogP contribution in [-0.4, -0.2) is 5.78 Å². The highest BCUT2D eigenvalue weighted by Gasteiger charge is 2.19. The fourth-order valence-corrected chi connectivity index (χ4v) is 4.23. The maximum atomic E-state index is 13.8. The molecule has 4 heteroatoms. The summed E-state index contributed by atoms with van der Waals surface area (Å²) in [5.74, 6) is 0.417. The fourth-order valence-electron chi connectivity index (χ4n) is 2.44. The van der Waals surface area contributed by atoms with Crippen molar-refractivity contribution >= 4 is 5.78 Å². The van der Waals surface area contributed by atoms with Gasteiger partial charge < -0.3 is 4.70 Å². The zero-order chi connectivity index (χ0) is 18.7. The predicted molar refractivity (Wildman–Crippen MR) is 100 cm³/mol. The average molecular weight is 478 g/mol. The molecule has 0 unspecified atom stereocenters. The lowest BCUT2D eigenvalue weighted by Gasteiger charge is -2.16. The van der Waals surface area contributed by atoms with E-state index in [1.54, 1.807) is 0 Å². The van der Waals surface area contributed by atoms with Crippen LogP contribution in [0, 0.1) is 15.9 Å². The number of benzene rings is 1. The van der Waals surface area contributed by atoms with Crippen molar-refractivity contribution in [3.8, 4) is 0 Å². The van der Waals surface area contributed by atoms with Crippen LogP contribution >= 0.6 is 0 Å². The number of carbonyl (C=O) groups is 1. The summed E-state index contributed by atoms with van der Waals surface area (Å²) in [5, 5.41) is 0. The maximum absolute atomic E-state index is 13.8. The number of hydrogen-bond acceptors (Lipinski definition) is 1. The van der Waals surface area contributed by atoms with Gasteiger partial charge in [-0.05, 0) is 31.9 Å². The molecule has 26 heavy (non-hydrogen) atoms. The number of ketones is 1. The third-order valence-electron chi connectivity index (χ3n) is 4.22. The highest BCUT2D eigenvalue weighted by atomic mass is 127. The first kappa shape index (κ1) is 25.2. The lowest BCUT2D eigenvalue weighted by molar-refractivity contribution is -0.558. The smallest absolute Gasteiger partial charge is 0.352 e. The molecule has 0 aliphatic rings. The molecule has 0 atom stereocenters. The van der Waals surface area contributed by atoms with Gasteiger partial charge in [-0.15, -0.1) is 0 Å². The van der Waals surface area contributed by atoms with Gasteiger partial charge in [0.05, 0.1) is 0 Å². The Morgan fingerprint density at radius 2 is 1.46 bits per heavy atom. The second kappa shape index (κ2) is 13.4. The third-order valence-corrected chi connectivity index (χ3v) is 6.64. The van der Waals surface area contributed by atoms with Crippen molar-refractivity contribution in [2.24, 2.45) is 5.41 Å². The number of aryl methyl sites for hydroxylation is 1. The van der Waals surface area contributed by atoms with Gasteiger partial charge in [0.1, 0.15) is 11.6 Å². The molecule has 0 saturated carbocycles. The molecular weight excluding hydrogens is 445 g/mol. The number of carbonyl (C=O) groups excluding carboxylic acids is 1. The highest BCUT2D eigenvalue weighted by molar-refractivity contribution is 5.83. The van der Waals surface area contributed by atoms with E-state index in [0.717, 1.165) is 38.5 Å². The Hall–Kier alpha value is -0.780. The highest BCUT2D eigenvalue weighted by Crippen LogP contribution is 2.19. The van der Waals surface area contributed by atoms with E-state index in [-0.39, 0.29) is 37.2 Å². The first-order chi connectivity index (χ1) is 11.8. The van der Waals surface area contributed by atoms with E-state index in [1.165, 1.54) is 9.13 Å². The molecule has 0 heterocycles. The minimum Gasteiger partial charge on any atom is -1.00 e. The molecule has 0 bridgehead atoms. The molecule has 0 N–H and O–H groups in total. The lowest BCUT2D eigenvalue weighted by atomic mass is 9.88. The molecular formula is C22H33F2IO. The number of Topliss-reactive ketones (excluding diaryl/α,β-unsaturated/α-hetero) is 1. The van der Waals surface area contributed by atoms with Gasteiger partial charge in [0.15, 0.2) is 7.65 Å². The Morgan fingerprint density at radius 1 is 0.962 bits per heavy atom. The van der Waals surface area contributed by atoms with E-state index in [9.17, 15) is 9.18 Å². The van der Waals surface area contributed by atoms with Crippen LogP contribution in [0.15, 0.2) is 34.2 Å². The van der Waals surface area contributed by atoms with Crippen molar-refractivity contribution in [2.45, 2.75) is 79.1 Å². The van der Waals surface area contributed by atoms with Gasteiger partial charge in [0, 0.05) is 18.3 Å². The summed E-state index contributed by atoms with van der Waals surface area (Å²) < 4.78 is 16.9. The van der Waals surface area contributed by atoms with Crippen molar-refractivity contribution in [3.05, 3.63) is 43.3 Å². The summed E-state index contributed by atoms with van der Waals surface area (Å²) in [6.07, 6.45) is 7.68. The Bertz CT molecular complexity index is 544. The molecule has 0 amide bonds. The van der Waals surface area contributed by atoms with E-state index < -0.39 is 0 Å². The minimum atomic E-state index is -0.346. The zero-order valence-electron chi connectivity index (χ0n) is 16.6. The quantitative estimate of drug-likeness (QED) is 0.340. The van der Waals surface area contributed by atoms with Crippen LogP contribution < -0.4 is 25.9 Å². The van der Waals surface area contributed by atoms with Crippen molar-refractivity contribution < 1.29 is 35.1 Å². The fraction of sp³-hybridized carbons (Fsp3) is 0.591. The van der Waals surface area contributed by atoms with Crippen LogP contribution in [0.3, 0.4) is 0 Å². The summed E-state index contributed by atoms with van der Waals surface area (Å²) in [5.41, 5.74) is 1.05. The summed E-state index contributed by atoms with van der Waals surface area (Å²) in [6.45, 7) is 8.02. The van der Waals surface area contributed by atoms with Crippen LogP contribution in [0.1, 0.15) is 77.7 Å². The van der Waals surface area contributed by atoms with Gasteiger partial charge in [-0.2, -0.15) is 0 Å². The summed E-state index contributed by atoms with van der Waals surface area (Å²) in [7, 11) is 0. The topological polar surface area (TPSA) is 17.1 Å². The van der Waals surface area contributed by atoms with Crippen LogP contribution in [0.4, 0.5) is 4.39 Å². The van der Waals surface area contributed by atoms with Crippen molar-refractivity contribution in [3.63, 3.8) is 0 Å². The second-order valence-electron chi connectivity index (χ2n) is 7.76. The molecule has 1 rings (SSSR count). The van der Waals surface area contributed by atoms with E-state index in [2.05, 4.69) is 31.2 Å². The van der Waals surface area contributed by atoms with Crippen molar-refractivity contribution in [1.82, 2.24) is 0 Å². The minimum absolute atomic E-state index is 0. The molecule has 0 aliphatic heterocycles. The standard InChI is InChI=1S/C22H33FIO.FH/c1-18-13-15-20(16-14-18)24-17-19(23)11-9-7-5-6-8-10-12-21(25)22(2,3)4;/h13-17H,5-12H2,1-4H3;1H/q+1;/p-1/b19-17+;. The Kier molecular flexibility index (Phi) is 13.0. The van der Waals surface area contributed by atoms with Crippen LogP contribution in [0.25, 0.3) is 0 Å². The lowest BCUT2D eigenvalue weighted by Crippen LogP contribution is -3.59. The first-order valence-corrected chi connectivity index (χ1v) is 11.7. The maximum Gasteiger partial charge on any atom is 0.352 e. The van der Waals surface area contributed by atoms with Gasteiger partial charge in [0.25, 0.3) is 0 Å². The van der Waals surface area contributed by atoms with E-state index in [1.807, 2.05) is 24.9 Å². The van der Waals surface area contributed by atoms with E-state index in [4.69, 9.17) is 0 Å². The number of halogens is 3. The Labute approximate surface area is 168 Å². The Morgan fingerprint density at radius 3 is 2.00 bits per heavy atom. The SMILES string of the molecule is Cc1ccc([I+]/C=C(/F)CCCCCCCCC(=O)C(C)(C)C)cc1.[F-]. The molecule has 0 saturated heterocycles. The van der Waals surface area contributed by atoms with E-state index in [0.29, 0.717) is 18.6 Å². The third kappa shape index (κ3) is 11.8. The predicted octanol–water partition coefficient (Wildman–Crippen LogP) is 0.805. The monoisotopic (exact) mass is 478 g/mol. The molecule has 148 valence electrons. The van der Waals surface area contributed by atoms with Crippen LogP contribution in [-0.2, 0) is 4.79 Å². The van der Waals surface area contributed by atoms with Gasteiger partial charge in [-0.3, -0.25) is 4.79 Å². The summed E-state index contributed by atoms with van der Waals surface area (Å²) >= 11 is -0.346. The molecule has 0 radical (unpaired) electrons. The Balaban J connectivity index is 0.00000625. The van der Waals surface area contributed by atoms with Gasteiger partial charge in [-0.1, -0.05) is 64.2 Å². The summed E-state index contributed by atoms with van der Waals surface area (Å²) in [6, 6.07) is 8.40. The van der Waals surface area contributed by atoms with Gasteiger partial charge in [-0.25, -0.2) is 4.39 Å². The van der Waals surface area contributed by atoms with E-state index >= 15 is 0 Å². The second-order valence-corrected chi connectivity index (χ2v) is 10.2. The number of allylic oxidation sites excluding steroid dienone is 1. The molecule has 0 fully saturated rings. The van der Waals surface area contributed by atoms with Crippen molar-refractivity contribution in [2.75, 3.05) is 0 Å². The largest absolute Gasteiger partial charge is 1.00 e. The van der Waals surface area contributed by atoms with Gasteiger partial charge >= 0.3 is 21.2 Å². The van der Waals surface area contributed by atoms with Crippen LogP contribution in [0.5, 0.6) is 0 Å². The normalized spacial score (nSPS) is 12.0. The molecule has 1 aromatic rings. The average Bonchev–Trinajstić information content (AvgIpc) is 2.55. The van der Waals surface area contributed by atoms with Crippen LogP contribution in [0.2, 0.25) is 0 Å². The first-order valence-electron chi connectivity index (χ1n) is 9.37. The molecule has 0 aliphatic carbocycles. The van der Waals surface area contributed by atoms with Gasteiger partial charge in [0.2, 0.25) is 0 Å². The molecule has 0 aromatic heterocycles. The molecule has 1 aromatic carbocycles. The van der Waals surface area contributed by atoms with Crippen molar-refractivity contribution in [1.29, 1.82) is 0 Å². The summed E-state index contributed by atoms with van der Waals surface area (Å²) in [4.78, 5) is 11.8. The number of rotatable bonds is 11. The number of unbranched alkanes of at least 4 members (excludes halogenated alkanes) is 5. The molecule has 1 nitrogen and oxygen atoms in total.